The largest absolute Gasteiger partial charge is 0.506 e. The van der Waals surface area contributed by atoms with Crippen molar-refractivity contribution < 1.29 is 91.2 Å². The van der Waals surface area contributed by atoms with E-state index in [-0.39, 0.29) is 121 Å². The van der Waals surface area contributed by atoms with Gasteiger partial charge in [0, 0.05) is 63.5 Å². The smallest absolute Gasteiger partial charge is 0.407 e. The Bertz CT molecular complexity index is 3500. The maximum atomic E-state index is 14.5. The van der Waals surface area contributed by atoms with E-state index in [2.05, 4.69) is 63.5 Å². The van der Waals surface area contributed by atoms with Gasteiger partial charge in [0.05, 0.1) is 18.7 Å². The fourth-order valence-electron chi connectivity index (χ4n) is 10.7. The number of aromatic hydroxyl groups is 1. The first kappa shape index (κ1) is 87.7. The third kappa shape index (κ3) is 33.4. The number of phenols is 1. The Morgan fingerprint density at radius 3 is 1.82 bits per heavy atom. The van der Waals surface area contributed by atoms with Gasteiger partial charge in [-0.25, -0.2) is 4.79 Å². The number of phenolic OH excluding ortho intramolecular Hbond substituents is 1. The molecule has 0 aliphatic carbocycles. The number of unbranched alkanes of at least 4 members (excludes halogenated alkanes) is 1. The van der Waals surface area contributed by atoms with Crippen molar-refractivity contribution in [1.82, 2.24) is 58.1 Å². The monoisotopic (exact) mass is 1490 g/mol. The number of aliphatic imine (C=N–C) groups is 1. The van der Waals surface area contributed by atoms with Gasteiger partial charge in [0.25, 0.3) is 11.8 Å². The van der Waals surface area contributed by atoms with Gasteiger partial charge in [0.1, 0.15) is 64.8 Å². The van der Waals surface area contributed by atoms with Crippen LogP contribution in [0.3, 0.4) is 0 Å². The number of hydrogen-bond donors (Lipinski definition) is 14. The molecule has 16 N–H and O–H groups in total. The molecule has 0 bridgehead atoms. The second-order valence-corrected chi connectivity index (χ2v) is 29.2. The molecule has 2 aromatic carbocycles. The molecule has 8 atom stereocenters. The van der Waals surface area contributed by atoms with Crippen molar-refractivity contribution in [2.45, 2.75) is 238 Å². The molecule has 2 aliphatic rings. The van der Waals surface area contributed by atoms with Crippen molar-refractivity contribution >= 4 is 101 Å². The first-order valence-corrected chi connectivity index (χ1v) is 35.4. The van der Waals surface area contributed by atoms with Crippen LogP contribution in [-0.2, 0) is 94.2 Å². The highest BCUT2D eigenvalue weighted by Crippen LogP contribution is 2.26. The molecule has 0 spiro atoms. The Hall–Kier alpha value is -10.7. The molecule has 106 heavy (non-hydrogen) atoms. The number of nitrogens with two attached hydrogens (primary N) is 2. The molecule has 2 aromatic rings. The zero-order valence-corrected chi connectivity index (χ0v) is 62.5. The average molecular weight is 1490 g/mol. The number of nitrogens with one attached hydrogen (secondary N) is 11. The van der Waals surface area contributed by atoms with Crippen LogP contribution in [0.15, 0.2) is 65.7 Å². The van der Waals surface area contributed by atoms with Crippen LogP contribution in [0.4, 0.5) is 10.5 Å². The highest BCUT2D eigenvalue weighted by atomic mass is 16.6. The van der Waals surface area contributed by atoms with Gasteiger partial charge < -0.3 is 89.3 Å². The lowest BCUT2D eigenvalue weighted by Gasteiger charge is -2.27. The number of esters is 2. The minimum absolute atomic E-state index is 0.00808. The summed E-state index contributed by atoms with van der Waals surface area (Å²) >= 11 is 0. The van der Waals surface area contributed by atoms with Crippen molar-refractivity contribution in [2.24, 2.45) is 22.4 Å². The first-order chi connectivity index (χ1) is 49.5. The zero-order chi connectivity index (χ0) is 79.2. The summed E-state index contributed by atoms with van der Waals surface area (Å²) in [5.41, 5.74) is 9.48. The summed E-state index contributed by atoms with van der Waals surface area (Å²) in [4.78, 5) is 207. The number of guanidine groups is 1. The molecule has 4 rings (SSSR count). The van der Waals surface area contributed by atoms with Gasteiger partial charge in [-0.05, 0) is 156 Å². The summed E-state index contributed by atoms with van der Waals surface area (Å²) < 4.78 is 16.3. The summed E-state index contributed by atoms with van der Waals surface area (Å²) in [5, 5.41) is 39.6. The Balaban J connectivity index is 1.51. The number of alkyl carbamates (subject to hydrolysis) is 1. The quantitative estimate of drug-likeness (QED) is 0.00880. The zero-order valence-electron chi connectivity index (χ0n) is 62.5. The van der Waals surface area contributed by atoms with Crippen molar-refractivity contribution in [1.29, 1.82) is 0 Å². The molecule has 2 aliphatic heterocycles. The van der Waals surface area contributed by atoms with Crippen LogP contribution < -0.4 is 70.0 Å². The number of carbonyl (C=O) groups is 15. The molecule has 13 amide bonds. The predicted octanol–water partition coefficient (Wildman–Crippen LogP) is 0.888. The van der Waals surface area contributed by atoms with E-state index in [0.717, 1.165) is 17.1 Å². The number of benzene rings is 2. The minimum Gasteiger partial charge on any atom is -0.506 e. The van der Waals surface area contributed by atoms with E-state index in [1.807, 2.05) is 0 Å². The molecule has 0 aromatic heterocycles. The van der Waals surface area contributed by atoms with Gasteiger partial charge >= 0.3 is 18.0 Å². The molecular formula is C72H107N15O19. The van der Waals surface area contributed by atoms with Crippen LogP contribution in [0.25, 0.3) is 0 Å². The van der Waals surface area contributed by atoms with Gasteiger partial charge in [-0.2, -0.15) is 0 Å². The van der Waals surface area contributed by atoms with E-state index in [4.69, 9.17) is 25.7 Å². The van der Waals surface area contributed by atoms with Gasteiger partial charge in [0.15, 0.2) is 5.96 Å². The van der Waals surface area contributed by atoms with Crippen molar-refractivity contribution in [3.05, 3.63) is 71.8 Å². The number of hydrogen-bond acceptors (Lipinski definition) is 20. The van der Waals surface area contributed by atoms with Crippen molar-refractivity contribution in [3.63, 3.8) is 0 Å². The molecule has 0 radical (unpaired) electrons. The van der Waals surface area contributed by atoms with Crippen LogP contribution in [-0.4, -0.2) is 196 Å². The Labute approximate surface area is 617 Å². The highest BCUT2D eigenvalue weighted by molar-refractivity contribution is 6.13. The third-order valence-corrected chi connectivity index (χ3v) is 15.9. The minimum atomic E-state index is -1.60. The first-order valence-electron chi connectivity index (χ1n) is 35.4. The maximum Gasteiger partial charge on any atom is 0.407 e. The summed E-state index contributed by atoms with van der Waals surface area (Å²) in [5.74, 6) is -12.0. The number of carbonyl (C=O) groups excluding carboxylic acids is 15. The summed E-state index contributed by atoms with van der Waals surface area (Å²) in [7, 11) is 0. The van der Waals surface area contributed by atoms with Gasteiger partial charge in [-0.3, -0.25) is 77.0 Å². The number of nitrogens with zero attached hydrogens (tertiary/aromatic N) is 2. The summed E-state index contributed by atoms with van der Waals surface area (Å²) in [6, 6.07) is 2.30. The topological polar surface area (TPSA) is 504 Å². The number of rotatable bonds is 34. The third-order valence-electron chi connectivity index (χ3n) is 15.9. The Morgan fingerprint density at radius 2 is 1.20 bits per heavy atom. The lowest BCUT2D eigenvalue weighted by molar-refractivity contribution is -0.157. The lowest BCUT2D eigenvalue weighted by Crippen LogP contribution is -2.58. The molecule has 34 nitrogen and oxygen atoms in total. The van der Waals surface area contributed by atoms with Crippen LogP contribution >= 0.6 is 0 Å². The normalized spacial score (nSPS) is 17.9. The van der Waals surface area contributed by atoms with Gasteiger partial charge in [-0.1, -0.05) is 50.2 Å². The van der Waals surface area contributed by atoms with E-state index >= 15 is 0 Å². The molecule has 2 heterocycles. The maximum absolute atomic E-state index is 14.5. The van der Waals surface area contributed by atoms with Gasteiger partial charge in [0.2, 0.25) is 59.1 Å². The highest BCUT2D eigenvalue weighted by Gasteiger charge is 2.36. The molecular weight excluding hydrogens is 1380 g/mol. The number of imide groups is 1. The SMILES string of the molecule is CC(C)[C@H](NC(=O)[C@@H](CCC(=O)NCCCC[C@@H]1NC(=O)[C@@H](Cc2ccccc2)NC(=O)[C@H](CC(=O)OC(C)(C)C)NC(=O)CNC(=O)[C@H](CCCN=C(N)N)NC1=O)NC(=O)CCCN1C(=O)C=CC1=O)C(=O)N[C@@H](C)C(=O)Nc1cc(C[C@@H](CCC(=O)OC(C)(C)C)NC(=O)OC(C)(C)C)ccc1O. The number of ether oxygens (including phenoxy) is 3. The van der Waals surface area contributed by atoms with Crippen LogP contribution in [0.2, 0.25) is 0 Å². The average Bonchev–Trinajstić information content (AvgIpc) is 0.954. The Kier molecular flexibility index (Phi) is 34.5. The lowest BCUT2D eigenvalue weighted by atomic mass is 10.0. The summed E-state index contributed by atoms with van der Waals surface area (Å²) in [6.07, 6.45) is 0.0853. The molecule has 1 saturated heterocycles. The standard InChI is InChI=1S/C72H107N15O19/c1-41(2)60(67(102)78-42(3)61(96)84-49-38-44(25-28-52(49)88)36-45(79-69(103)106-72(10,11)12)26-32-58(94)104-70(4,5)6)86-64(99)48(80-54(90)24-19-35-87-56(92)30-31-57(87)93)27-29-53(89)75-33-17-16-22-47-63(98)82-46(23-18-34-76-68(73)74)62(97)77-40-55(91)81-51(39-59(95)105-71(7,8)9)66(101)85-50(65(100)83-47)37-43-20-14-13-15-21-43/h13-15,20-21,25,28,30-31,38,41-42,45-48,50-51,60,88H,16-19,22-24,26-27,29,32-37,39-40H2,1-12H3,(H,75,89)(H,77,97)(H,78,102)(H,79,103)(H,80,90)(H,81,91)(H,82,98)(H,83,100)(H,84,96)(H,85,101)(H,86,99)(H4,73,74,76)/t42-,45+,46-,47-,48+,50+,51-,60-/m0/s1. The fourth-order valence-corrected chi connectivity index (χ4v) is 10.7. The molecule has 34 heteroatoms. The summed E-state index contributed by atoms with van der Waals surface area (Å²) in [6.45, 7) is 18.8. The molecule has 584 valence electrons. The van der Waals surface area contributed by atoms with Crippen molar-refractivity contribution in [3.8, 4) is 5.75 Å². The molecule has 1 fully saturated rings. The number of amides is 13. The second kappa shape index (κ2) is 41.7. The van der Waals surface area contributed by atoms with Crippen molar-refractivity contribution in [2.75, 3.05) is 31.5 Å². The Morgan fingerprint density at radius 1 is 0.604 bits per heavy atom. The van der Waals surface area contributed by atoms with E-state index in [1.54, 1.807) is 113 Å². The predicted molar refractivity (Wildman–Crippen MR) is 387 cm³/mol. The number of anilines is 1. The molecule has 0 saturated carbocycles. The van der Waals surface area contributed by atoms with Crippen LogP contribution in [0, 0.1) is 5.92 Å². The van der Waals surface area contributed by atoms with Crippen LogP contribution in [0.1, 0.15) is 171 Å². The van der Waals surface area contributed by atoms with Crippen LogP contribution in [0.5, 0.6) is 5.75 Å². The second-order valence-electron chi connectivity index (χ2n) is 29.2. The van der Waals surface area contributed by atoms with E-state index in [0.29, 0.717) is 11.1 Å². The molecule has 0 unspecified atom stereocenters. The van der Waals surface area contributed by atoms with E-state index < -0.39 is 173 Å². The van der Waals surface area contributed by atoms with E-state index in [9.17, 15) is 77.0 Å². The fraction of sp³-hybridized carbons (Fsp3) is 0.583. The van der Waals surface area contributed by atoms with Gasteiger partial charge in [-0.15, -0.1) is 0 Å². The van der Waals surface area contributed by atoms with E-state index in [1.165, 1.54) is 19.1 Å².